The van der Waals surface area contributed by atoms with Crippen LogP contribution in [0.25, 0.3) is 0 Å². The molecule has 0 spiro atoms. The number of hydrogen-bond donors (Lipinski definition) is 3. The van der Waals surface area contributed by atoms with E-state index in [9.17, 15) is 8.42 Å². The van der Waals surface area contributed by atoms with Gasteiger partial charge in [-0.05, 0) is 44.4 Å². The predicted octanol–water partition coefficient (Wildman–Crippen LogP) is 1.48. The molecule has 0 fully saturated rings. The molecule has 0 radical (unpaired) electrons. The van der Waals surface area contributed by atoms with Gasteiger partial charge in [0.25, 0.3) is 0 Å². The summed E-state index contributed by atoms with van der Waals surface area (Å²) in [6.45, 7) is 8.01. The number of hydrogen-bond acceptors (Lipinski definition) is 5. The molecule has 0 atom stereocenters. The number of nitrogens with zero attached hydrogens (tertiary/aromatic N) is 1. The van der Waals surface area contributed by atoms with Crippen molar-refractivity contribution in [1.82, 2.24) is 15.4 Å². The summed E-state index contributed by atoms with van der Waals surface area (Å²) >= 11 is 0. The largest absolute Gasteiger partial charge is 0.383 e. The topological polar surface area (TPSA) is 101 Å². The molecule has 0 heterocycles. The maximum atomic E-state index is 12.3. The molecular weight excluding hydrogens is 380 g/mol. The minimum Gasteiger partial charge on any atom is -0.383 e. The van der Waals surface area contributed by atoms with Crippen molar-refractivity contribution >= 4 is 16.0 Å². The Morgan fingerprint density at radius 1 is 1.11 bits per heavy atom. The second kappa shape index (κ2) is 14.3. The van der Waals surface area contributed by atoms with Crippen LogP contribution in [0.4, 0.5) is 0 Å². The number of aliphatic imine (C=N–C) groups is 1. The van der Waals surface area contributed by atoms with Gasteiger partial charge in [0.05, 0.1) is 18.0 Å². The van der Waals surface area contributed by atoms with Gasteiger partial charge in [0.15, 0.2) is 5.96 Å². The SMILES string of the molecule is CCNC(=NCc1cccc(S(=O)(=O)NCCOC)c1)NCCCCOCC. The third-order valence-corrected chi connectivity index (χ3v) is 5.24. The summed E-state index contributed by atoms with van der Waals surface area (Å²) in [7, 11) is -2.02. The lowest BCUT2D eigenvalue weighted by molar-refractivity contribution is 0.143. The fourth-order valence-electron chi connectivity index (χ4n) is 2.36. The number of sulfonamides is 1. The van der Waals surface area contributed by atoms with Crippen LogP contribution in [-0.4, -0.2) is 60.9 Å². The zero-order chi connectivity index (χ0) is 20.7. The van der Waals surface area contributed by atoms with Crippen LogP contribution in [0.2, 0.25) is 0 Å². The van der Waals surface area contributed by atoms with E-state index in [0.29, 0.717) is 19.1 Å². The first-order valence-electron chi connectivity index (χ1n) is 9.71. The van der Waals surface area contributed by atoms with Crippen molar-refractivity contribution in [2.45, 2.75) is 38.1 Å². The van der Waals surface area contributed by atoms with Crippen molar-refractivity contribution in [3.8, 4) is 0 Å². The van der Waals surface area contributed by atoms with E-state index >= 15 is 0 Å². The summed E-state index contributed by atoms with van der Waals surface area (Å²) in [5.74, 6) is 0.713. The van der Waals surface area contributed by atoms with Crippen molar-refractivity contribution in [3.63, 3.8) is 0 Å². The van der Waals surface area contributed by atoms with E-state index in [-0.39, 0.29) is 11.4 Å². The Morgan fingerprint density at radius 3 is 2.64 bits per heavy atom. The fourth-order valence-corrected chi connectivity index (χ4v) is 3.45. The molecule has 0 aliphatic heterocycles. The number of benzene rings is 1. The fraction of sp³-hybridized carbons (Fsp3) is 0.632. The monoisotopic (exact) mass is 414 g/mol. The van der Waals surface area contributed by atoms with Crippen LogP contribution in [0.15, 0.2) is 34.2 Å². The summed E-state index contributed by atoms with van der Waals surface area (Å²) in [4.78, 5) is 4.77. The molecule has 0 saturated heterocycles. The number of guanidine groups is 1. The lowest BCUT2D eigenvalue weighted by atomic mass is 10.2. The van der Waals surface area contributed by atoms with E-state index in [2.05, 4.69) is 20.3 Å². The Kier molecular flexibility index (Phi) is 12.5. The maximum Gasteiger partial charge on any atom is 0.240 e. The molecule has 3 N–H and O–H groups in total. The lowest BCUT2D eigenvalue weighted by Crippen LogP contribution is -2.37. The molecule has 0 saturated carbocycles. The highest BCUT2D eigenvalue weighted by Crippen LogP contribution is 2.12. The third kappa shape index (κ3) is 10.0. The van der Waals surface area contributed by atoms with Gasteiger partial charge in [0.1, 0.15) is 0 Å². The quantitative estimate of drug-likeness (QED) is 0.242. The van der Waals surface area contributed by atoms with Crippen LogP contribution < -0.4 is 15.4 Å². The third-order valence-electron chi connectivity index (χ3n) is 3.78. The Bertz CT molecular complexity index is 680. The summed E-state index contributed by atoms with van der Waals surface area (Å²) in [5, 5.41) is 6.48. The van der Waals surface area contributed by atoms with Crippen molar-refractivity contribution < 1.29 is 17.9 Å². The number of unbranched alkanes of at least 4 members (excludes halogenated alkanes) is 1. The van der Waals surface area contributed by atoms with Gasteiger partial charge in [0, 0.05) is 40.0 Å². The molecule has 0 bridgehead atoms. The van der Waals surface area contributed by atoms with Gasteiger partial charge >= 0.3 is 0 Å². The van der Waals surface area contributed by atoms with Crippen LogP contribution in [0.5, 0.6) is 0 Å². The Hall–Kier alpha value is -1.68. The zero-order valence-electron chi connectivity index (χ0n) is 17.2. The molecule has 0 aliphatic rings. The number of nitrogens with one attached hydrogen (secondary N) is 3. The first-order valence-corrected chi connectivity index (χ1v) is 11.2. The zero-order valence-corrected chi connectivity index (χ0v) is 18.0. The van der Waals surface area contributed by atoms with Crippen LogP contribution in [-0.2, 0) is 26.0 Å². The number of methoxy groups -OCH3 is 1. The van der Waals surface area contributed by atoms with Gasteiger partial charge in [-0.1, -0.05) is 12.1 Å². The van der Waals surface area contributed by atoms with E-state index in [1.165, 1.54) is 7.11 Å². The highest BCUT2D eigenvalue weighted by atomic mass is 32.2. The van der Waals surface area contributed by atoms with Gasteiger partial charge in [0.2, 0.25) is 10.0 Å². The Balaban J connectivity index is 2.63. The van der Waals surface area contributed by atoms with Crippen LogP contribution in [0.1, 0.15) is 32.3 Å². The molecule has 1 rings (SSSR count). The van der Waals surface area contributed by atoms with E-state index in [1.54, 1.807) is 18.2 Å². The highest BCUT2D eigenvalue weighted by Gasteiger charge is 2.13. The number of ether oxygens (including phenoxy) is 2. The summed E-state index contributed by atoms with van der Waals surface area (Å²) < 4.78 is 37.3. The van der Waals surface area contributed by atoms with Crippen molar-refractivity contribution in [1.29, 1.82) is 0 Å². The van der Waals surface area contributed by atoms with Gasteiger partial charge < -0.3 is 20.1 Å². The Morgan fingerprint density at radius 2 is 1.93 bits per heavy atom. The van der Waals surface area contributed by atoms with Crippen molar-refractivity contribution in [2.75, 3.05) is 46.6 Å². The van der Waals surface area contributed by atoms with Crippen molar-refractivity contribution in [2.24, 2.45) is 4.99 Å². The van der Waals surface area contributed by atoms with E-state index in [1.807, 2.05) is 19.9 Å². The van der Waals surface area contributed by atoms with E-state index in [0.717, 1.165) is 44.7 Å². The van der Waals surface area contributed by atoms with Crippen LogP contribution >= 0.6 is 0 Å². The van der Waals surface area contributed by atoms with E-state index in [4.69, 9.17) is 9.47 Å². The minimum atomic E-state index is -3.55. The molecule has 0 aromatic heterocycles. The summed E-state index contributed by atoms with van der Waals surface area (Å²) in [6, 6.07) is 6.81. The van der Waals surface area contributed by atoms with E-state index < -0.39 is 10.0 Å². The maximum absolute atomic E-state index is 12.3. The lowest BCUT2D eigenvalue weighted by Gasteiger charge is -2.12. The van der Waals surface area contributed by atoms with Crippen LogP contribution in [0.3, 0.4) is 0 Å². The van der Waals surface area contributed by atoms with Crippen molar-refractivity contribution in [3.05, 3.63) is 29.8 Å². The smallest absolute Gasteiger partial charge is 0.240 e. The first-order chi connectivity index (χ1) is 13.5. The molecular formula is C19H34N4O4S. The standard InChI is InChI=1S/C19H34N4O4S/c1-4-20-19(21-11-6-7-13-27-5-2)22-16-17-9-8-10-18(15-17)28(24,25)23-12-14-26-3/h8-10,15,23H,4-7,11-14,16H2,1-3H3,(H2,20,21,22). The van der Waals surface area contributed by atoms with Crippen LogP contribution in [0, 0.1) is 0 Å². The molecule has 9 heteroatoms. The molecule has 1 aromatic rings. The average Bonchev–Trinajstić information content (AvgIpc) is 2.69. The second-order valence-electron chi connectivity index (χ2n) is 6.06. The van der Waals surface area contributed by atoms with Gasteiger partial charge in [-0.2, -0.15) is 0 Å². The molecule has 8 nitrogen and oxygen atoms in total. The number of rotatable bonds is 14. The molecule has 1 aromatic carbocycles. The molecule has 0 unspecified atom stereocenters. The molecule has 28 heavy (non-hydrogen) atoms. The molecule has 0 amide bonds. The average molecular weight is 415 g/mol. The predicted molar refractivity (Wildman–Crippen MR) is 112 cm³/mol. The molecule has 0 aliphatic carbocycles. The minimum absolute atomic E-state index is 0.227. The second-order valence-corrected chi connectivity index (χ2v) is 7.83. The summed E-state index contributed by atoms with van der Waals surface area (Å²) in [5.41, 5.74) is 0.822. The van der Waals surface area contributed by atoms with Gasteiger partial charge in [-0.25, -0.2) is 18.1 Å². The first kappa shape index (κ1) is 24.4. The van der Waals surface area contributed by atoms with Gasteiger partial charge in [-0.3, -0.25) is 0 Å². The Labute approximate surface area is 169 Å². The summed E-state index contributed by atoms with van der Waals surface area (Å²) in [6.07, 6.45) is 1.99. The highest BCUT2D eigenvalue weighted by molar-refractivity contribution is 7.89. The molecule has 160 valence electrons. The normalized spacial score (nSPS) is 12.2. The van der Waals surface area contributed by atoms with Gasteiger partial charge in [-0.15, -0.1) is 0 Å².